The zero-order valence-electron chi connectivity index (χ0n) is 12.6. The minimum atomic E-state index is -0.182. The van der Waals surface area contributed by atoms with Crippen LogP contribution in [0.5, 0.6) is 5.75 Å². The largest absolute Gasteiger partial charge is 0.488 e. The second kappa shape index (κ2) is 7.12. The van der Waals surface area contributed by atoms with Crippen LogP contribution in [0.3, 0.4) is 0 Å². The van der Waals surface area contributed by atoms with Crippen LogP contribution in [0, 0.1) is 5.82 Å². The summed E-state index contributed by atoms with van der Waals surface area (Å²) in [4.78, 5) is 2.25. The van der Waals surface area contributed by atoms with Gasteiger partial charge < -0.3 is 15.0 Å². The lowest BCUT2D eigenvalue weighted by molar-refractivity contribution is 0.155. The molecule has 1 aliphatic heterocycles. The number of hydrogen-bond acceptors (Lipinski definition) is 3. The topological polar surface area (TPSA) is 24.5 Å². The molecule has 0 unspecified atom stereocenters. The van der Waals surface area contributed by atoms with E-state index < -0.39 is 0 Å². The molecule has 3 nitrogen and oxygen atoms in total. The molecule has 2 fully saturated rings. The van der Waals surface area contributed by atoms with E-state index in [1.807, 2.05) is 0 Å². The Morgan fingerprint density at radius 2 is 1.90 bits per heavy atom. The van der Waals surface area contributed by atoms with Gasteiger partial charge in [-0.05, 0) is 50.8 Å². The summed E-state index contributed by atoms with van der Waals surface area (Å²) in [5.74, 6) is 0.670. The van der Waals surface area contributed by atoms with Crippen LogP contribution >= 0.6 is 0 Å². The fourth-order valence-corrected chi connectivity index (χ4v) is 3.29. The number of rotatable bonds is 3. The lowest BCUT2D eigenvalue weighted by Crippen LogP contribution is -2.29. The molecule has 4 heteroatoms. The highest BCUT2D eigenvalue weighted by Gasteiger charge is 2.20. The predicted octanol–water partition coefficient (Wildman–Crippen LogP) is 3.34. The molecule has 0 bridgehead atoms. The van der Waals surface area contributed by atoms with Crippen LogP contribution in [0.25, 0.3) is 0 Å². The first-order valence-electron chi connectivity index (χ1n) is 8.25. The Labute approximate surface area is 126 Å². The van der Waals surface area contributed by atoms with Crippen molar-refractivity contribution in [3.63, 3.8) is 0 Å². The number of anilines is 1. The number of ether oxygens (including phenoxy) is 1. The number of nitrogens with one attached hydrogen (secondary N) is 1. The summed E-state index contributed by atoms with van der Waals surface area (Å²) in [6, 6.07) is 4.94. The Balaban J connectivity index is 1.78. The van der Waals surface area contributed by atoms with Crippen LogP contribution in [0.1, 0.15) is 38.5 Å². The molecule has 1 heterocycles. The first kappa shape index (κ1) is 14.6. The zero-order chi connectivity index (χ0) is 14.5. The quantitative estimate of drug-likeness (QED) is 0.925. The van der Waals surface area contributed by atoms with E-state index in [-0.39, 0.29) is 5.82 Å². The number of nitrogens with zero attached hydrogens (tertiary/aromatic N) is 1. The first-order chi connectivity index (χ1) is 10.3. The lowest BCUT2D eigenvalue weighted by Gasteiger charge is -2.28. The average molecular weight is 292 g/mol. The SMILES string of the molecule is Fc1ccc(OC2CCCCC2)c(N2CCCNCC2)c1. The van der Waals surface area contributed by atoms with E-state index in [0.29, 0.717) is 6.10 Å². The van der Waals surface area contributed by atoms with Crippen molar-refractivity contribution in [3.05, 3.63) is 24.0 Å². The van der Waals surface area contributed by atoms with Gasteiger partial charge in [0.25, 0.3) is 0 Å². The van der Waals surface area contributed by atoms with Gasteiger partial charge in [-0.15, -0.1) is 0 Å². The molecule has 2 aliphatic rings. The molecule has 1 saturated heterocycles. The maximum atomic E-state index is 13.7. The average Bonchev–Trinajstić information content (AvgIpc) is 2.79. The van der Waals surface area contributed by atoms with E-state index in [1.54, 1.807) is 12.1 Å². The van der Waals surface area contributed by atoms with Crippen LogP contribution in [0.4, 0.5) is 10.1 Å². The van der Waals surface area contributed by atoms with E-state index in [2.05, 4.69) is 10.2 Å². The summed E-state index contributed by atoms with van der Waals surface area (Å²) in [7, 11) is 0. The van der Waals surface area contributed by atoms with Gasteiger partial charge >= 0.3 is 0 Å². The van der Waals surface area contributed by atoms with Crippen molar-refractivity contribution in [2.24, 2.45) is 0 Å². The molecule has 0 atom stereocenters. The van der Waals surface area contributed by atoms with Gasteiger partial charge in [0.2, 0.25) is 0 Å². The fraction of sp³-hybridized carbons (Fsp3) is 0.647. The molecule has 21 heavy (non-hydrogen) atoms. The van der Waals surface area contributed by atoms with Crippen molar-refractivity contribution in [2.45, 2.75) is 44.6 Å². The summed E-state index contributed by atoms with van der Waals surface area (Å²) in [6.45, 7) is 3.84. The third-order valence-corrected chi connectivity index (χ3v) is 4.45. The molecule has 0 radical (unpaired) electrons. The third kappa shape index (κ3) is 3.88. The molecule has 1 N–H and O–H groups in total. The highest BCUT2D eigenvalue weighted by Crippen LogP contribution is 2.33. The Morgan fingerprint density at radius 1 is 1.05 bits per heavy atom. The third-order valence-electron chi connectivity index (χ3n) is 4.45. The summed E-state index contributed by atoms with van der Waals surface area (Å²) < 4.78 is 19.9. The molecular formula is C17H25FN2O. The van der Waals surface area contributed by atoms with Crippen LogP contribution < -0.4 is 15.0 Å². The second-order valence-corrected chi connectivity index (χ2v) is 6.08. The van der Waals surface area contributed by atoms with Crippen molar-refractivity contribution in [1.29, 1.82) is 0 Å². The monoisotopic (exact) mass is 292 g/mol. The van der Waals surface area contributed by atoms with E-state index in [4.69, 9.17) is 4.74 Å². The summed E-state index contributed by atoms with van der Waals surface area (Å²) in [6.07, 6.45) is 7.43. The van der Waals surface area contributed by atoms with E-state index >= 15 is 0 Å². The van der Waals surface area contributed by atoms with Gasteiger partial charge in [0.1, 0.15) is 11.6 Å². The molecule has 1 saturated carbocycles. The Bertz CT molecular complexity index is 452. The smallest absolute Gasteiger partial charge is 0.143 e. The first-order valence-corrected chi connectivity index (χ1v) is 8.25. The van der Waals surface area contributed by atoms with Crippen molar-refractivity contribution >= 4 is 5.69 Å². The standard InChI is InChI=1S/C17H25FN2O/c18-14-7-8-17(21-15-5-2-1-3-6-15)16(13-14)20-11-4-9-19-10-12-20/h7-8,13,15,19H,1-6,9-12H2. The highest BCUT2D eigenvalue weighted by atomic mass is 19.1. The Morgan fingerprint density at radius 3 is 2.76 bits per heavy atom. The van der Waals surface area contributed by atoms with Gasteiger partial charge in [0.05, 0.1) is 11.8 Å². The van der Waals surface area contributed by atoms with Gasteiger partial charge in [0, 0.05) is 25.7 Å². The molecule has 1 aromatic carbocycles. The van der Waals surface area contributed by atoms with E-state index in [9.17, 15) is 4.39 Å². The molecule has 1 aliphatic carbocycles. The minimum absolute atomic E-state index is 0.182. The zero-order valence-corrected chi connectivity index (χ0v) is 12.6. The lowest BCUT2D eigenvalue weighted by atomic mass is 9.98. The van der Waals surface area contributed by atoms with Crippen LogP contribution in [0.2, 0.25) is 0 Å². The van der Waals surface area contributed by atoms with E-state index in [0.717, 1.165) is 56.9 Å². The number of benzene rings is 1. The Kier molecular flexibility index (Phi) is 4.96. The summed E-state index contributed by atoms with van der Waals surface area (Å²) >= 11 is 0. The minimum Gasteiger partial charge on any atom is -0.488 e. The molecule has 3 rings (SSSR count). The molecule has 116 valence electrons. The van der Waals surface area contributed by atoms with Crippen molar-refractivity contribution in [1.82, 2.24) is 5.32 Å². The second-order valence-electron chi connectivity index (χ2n) is 6.08. The van der Waals surface area contributed by atoms with Crippen LogP contribution in [-0.4, -0.2) is 32.3 Å². The normalized spacial score (nSPS) is 21.1. The Hall–Kier alpha value is -1.29. The van der Waals surface area contributed by atoms with Crippen molar-refractivity contribution in [2.75, 3.05) is 31.1 Å². The summed E-state index contributed by atoms with van der Waals surface area (Å²) in [5, 5.41) is 3.39. The highest BCUT2D eigenvalue weighted by molar-refractivity contribution is 5.59. The number of hydrogen-bond donors (Lipinski definition) is 1. The number of halogens is 1. The molecular weight excluding hydrogens is 267 g/mol. The van der Waals surface area contributed by atoms with Crippen molar-refractivity contribution in [3.8, 4) is 5.75 Å². The maximum absolute atomic E-state index is 13.7. The van der Waals surface area contributed by atoms with E-state index in [1.165, 1.54) is 25.3 Å². The maximum Gasteiger partial charge on any atom is 0.143 e. The predicted molar refractivity (Wildman–Crippen MR) is 83.6 cm³/mol. The van der Waals surface area contributed by atoms with Crippen molar-refractivity contribution < 1.29 is 9.13 Å². The van der Waals surface area contributed by atoms with Crippen LogP contribution in [-0.2, 0) is 0 Å². The molecule has 0 spiro atoms. The molecule has 0 aromatic heterocycles. The molecule has 0 amide bonds. The van der Waals surface area contributed by atoms with Gasteiger partial charge in [-0.2, -0.15) is 0 Å². The van der Waals surface area contributed by atoms with Gasteiger partial charge in [-0.1, -0.05) is 6.42 Å². The molecule has 1 aromatic rings. The van der Waals surface area contributed by atoms with Gasteiger partial charge in [-0.25, -0.2) is 4.39 Å². The van der Waals surface area contributed by atoms with Gasteiger partial charge in [-0.3, -0.25) is 0 Å². The van der Waals surface area contributed by atoms with Gasteiger partial charge in [0.15, 0.2) is 0 Å². The van der Waals surface area contributed by atoms with Crippen LogP contribution in [0.15, 0.2) is 18.2 Å². The fourth-order valence-electron chi connectivity index (χ4n) is 3.29. The summed E-state index contributed by atoms with van der Waals surface area (Å²) in [5.41, 5.74) is 0.921.